The number of hydrogen-bond acceptors (Lipinski definition) is 4. The molecule has 1 aromatic heterocycles. The molecule has 1 aliphatic rings. The molecular formula is C16H22N2O3. The summed E-state index contributed by atoms with van der Waals surface area (Å²) in [5.41, 5.74) is 0.553. The van der Waals surface area contributed by atoms with Crippen LogP contribution in [0.5, 0.6) is 0 Å². The van der Waals surface area contributed by atoms with Gasteiger partial charge in [0.2, 0.25) is 0 Å². The fourth-order valence-corrected chi connectivity index (χ4v) is 2.69. The van der Waals surface area contributed by atoms with Gasteiger partial charge in [-0.1, -0.05) is 19.8 Å². The molecule has 0 spiro atoms. The van der Waals surface area contributed by atoms with E-state index in [9.17, 15) is 9.59 Å². The lowest BCUT2D eigenvalue weighted by Crippen LogP contribution is -2.30. The van der Waals surface area contributed by atoms with Crippen LogP contribution in [0, 0.1) is 11.8 Å². The number of nitrogens with one attached hydrogen (secondary N) is 1. The number of aromatic nitrogens is 1. The van der Waals surface area contributed by atoms with Crippen molar-refractivity contribution in [2.45, 2.75) is 32.6 Å². The maximum absolute atomic E-state index is 11.9. The summed E-state index contributed by atoms with van der Waals surface area (Å²) in [7, 11) is 0. The monoisotopic (exact) mass is 290 g/mol. The Morgan fingerprint density at radius 3 is 2.81 bits per heavy atom. The Morgan fingerprint density at radius 2 is 2.10 bits per heavy atom. The van der Waals surface area contributed by atoms with Gasteiger partial charge >= 0.3 is 5.97 Å². The lowest BCUT2D eigenvalue weighted by molar-refractivity contribution is -0.150. The van der Waals surface area contributed by atoms with Crippen LogP contribution in [0.2, 0.25) is 0 Å². The molecule has 1 N–H and O–H groups in total. The largest absolute Gasteiger partial charge is 0.464 e. The Morgan fingerprint density at radius 1 is 1.33 bits per heavy atom. The van der Waals surface area contributed by atoms with Crippen LogP contribution in [0.1, 0.15) is 43.0 Å². The highest BCUT2D eigenvalue weighted by molar-refractivity contribution is 5.93. The maximum Gasteiger partial charge on any atom is 0.309 e. The molecule has 114 valence electrons. The van der Waals surface area contributed by atoms with Crippen molar-refractivity contribution in [1.82, 2.24) is 10.3 Å². The van der Waals surface area contributed by atoms with E-state index in [-0.39, 0.29) is 24.4 Å². The van der Waals surface area contributed by atoms with E-state index in [1.165, 1.54) is 6.42 Å². The van der Waals surface area contributed by atoms with Crippen LogP contribution >= 0.6 is 0 Å². The van der Waals surface area contributed by atoms with Crippen LogP contribution in [0.25, 0.3) is 0 Å². The van der Waals surface area contributed by atoms with E-state index in [1.54, 1.807) is 24.5 Å². The van der Waals surface area contributed by atoms with Crippen molar-refractivity contribution in [2.75, 3.05) is 13.2 Å². The van der Waals surface area contributed by atoms with Gasteiger partial charge in [-0.15, -0.1) is 0 Å². The molecule has 0 aromatic carbocycles. The van der Waals surface area contributed by atoms with E-state index in [0.717, 1.165) is 19.3 Å². The van der Waals surface area contributed by atoms with Crippen molar-refractivity contribution in [3.8, 4) is 0 Å². The Balaban J connectivity index is 1.65. The summed E-state index contributed by atoms with van der Waals surface area (Å²) in [6.07, 6.45) is 7.28. The third kappa shape index (κ3) is 4.85. The minimum Gasteiger partial charge on any atom is -0.464 e. The smallest absolute Gasteiger partial charge is 0.309 e. The number of rotatable bonds is 5. The standard InChI is InChI=1S/C16H22N2O3/c1-12-3-2-4-14(11-12)16(20)21-10-9-18-15(19)13-5-7-17-8-6-13/h5-8,12,14H,2-4,9-11H2,1H3,(H,18,19)/t12-,14+/m0/s1. The van der Waals surface area contributed by atoms with Gasteiger partial charge in [0.05, 0.1) is 12.5 Å². The zero-order valence-corrected chi connectivity index (χ0v) is 12.4. The van der Waals surface area contributed by atoms with Gasteiger partial charge in [-0.05, 0) is 30.9 Å². The second kappa shape index (κ2) is 7.76. The van der Waals surface area contributed by atoms with Crippen molar-refractivity contribution in [2.24, 2.45) is 11.8 Å². The molecule has 2 atom stereocenters. The minimum absolute atomic E-state index is 0.0321. The topological polar surface area (TPSA) is 68.3 Å². The highest BCUT2D eigenvalue weighted by Gasteiger charge is 2.26. The SMILES string of the molecule is C[C@H]1CCC[C@@H](C(=O)OCCNC(=O)c2ccncc2)C1. The van der Waals surface area contributed by atoms with Gasteiger partial charge in [0, 0.05) is 18.0 Å². The Hall–Kier alpha value is -1.91. The van der Waals surface area contributed by atoms with Gasteiger partial charge < -0.3 is 10.1 Å². The number of carbonyl (C=O) groups is 2. The molecule has 1 aromatic rings. The molecule has 1 fully saturated rings. The second-order valence-electron chi connectivity index (χ2n) is 5.63. The fraction of sp³-hybridized carbons (Fsp3) is 0.562. The molecule has 1 heterocycles. The number of hydrogen-bond donors (Lipinski definition) is 1. The number of carbonyl (C=O) groups excluding carboxylic acids is 2. The van der Waals surface area contributed by atoms with E-state index in [2.05, 4.69) is 17.2 Å². The quantitative estimate of drug-likeness (QED) is 0.666. The van der Waals surface area contributed by atoms with Gasteiger partial charge in [0.25, 0.3) is 5.91 Å². The Labute approximate surface area is 125 Å². The van der Waals surface area contributed by atoms with E-state index in [1.807, 2.05) is 0 Å². The van der Waals surface area contributed by atoms with Crippen LogP contribution in [-0.4, -0.2) is 30.0 Å². The highest BCUT2D eigenvalue weighted by atomic mass is 16.5. The van der Waals surface area contributed by atoms with Crippen molar-refractivity contribution in [1.29, 1.82) is 0 Å². The van der Waals surface area contributed by atoms with Gasteiger partial charge in [0.15, 0.2) is 0 Å². The molecular weight excluding hydrogens is 268 g/mol. The van der Waals surface area contributed by atoms with Crippen molar-refractivity contribution >= 4 is 11.9 Å². The molecule has 1 amide bonds. The predicted octanol–water partition coefficient (Wildman–Crippen LogP) is 2.18. The lowest BCUT2D eigenvalue weighted by Gasteiger charge is -2.25. The first-order chi connectivity index (χ1) is 10.2. The predicted molar refractivity (Wildman–Crippen MR) is 78.7 cm³/mol. The maximum atomic E-state index is 11.9. The van der Waals surface area contributed by atoms with E-state index >= 15 is 0 Å². The molecule has 1 saturated carbocycles. The zero-order chi connectivity index (χ0) is 15.1. The fourth-order valence-electron chi connectivity index (χ4n) is 2.69. The molecule has 2 rings (SSSR count). The summed E-state index contributed by atoms with van der Waals surface area (Å²) >= 11 is 0. The summed E-state index contributed by atoms with van der Waals surface area (Å²) in [6, 6.07) is 3.29. The second-order valence-corrected chi connectivity index (χ2v) is 5.63. The first-order valence-corrected chi connectivity index (χ1v) is 7.51. The third-order valence-corrected chi connectivity index (χ3v) is 3.84. The van der Waals surface area contributed by atoms with Crippen molar-refractivity contribution < 1.29 is 14.3 Å². The molecule has 5 heteroatoms. The summed E-state index contributed by atoms with van der Waals surface area (Å²) < 4.78 is 5.25. The first kappa shape index (κ1) is 15.5. The van der Waals surface area contributed by atoms with Gasteiger partial charge in [-0.2, -0.15) is 0 Å². The summed E-state index contributed by atoms with van der Waals surface area (Å²) in [6.45, 7) is 2.73. The highest BCUT2D eigenvalue weighted by Crippen LogP contribution is 2.29. The number of pyridine rings is 1. The first-order valence-electron chi connectivity index (χ1n) is 7.51. The molecule has 0 radical (unpaired) electrons. The van der Waals surface area contributed by atoms with Crippen LogP contribution in [-0.2, 0) is 9.53 Å². The summed E-state index contributed by atoms with van der Waals surface area (Å²) in [4.78, 5) is 27.5. The lowest BCUT2D eigenvalue weighted by atomic mass is 9.82. The van der Waals surface area contributed by atoms with E-state index < -0.39 is 0 Å². The van der Waals surface area contributed by atoms with Gasteiger partial charge in [0.1, 0.15) is 6.61 Å². The van der Waals surface area contributed by atoms with Gasteiger partial charge in [-0.3, -0.25) is 14.6 Å². The molecule has 0 saturated heterocycles. The Kier molecular flexibility index (Phi) is 5.72. The number of nitrogens with zero attached hydrogens (tertiary/aromatic N) is 1. The minimum atomic E-state index is -0.181. The van der Waals surface area contributed by atoms with Crippen LogP contribution < -0.4 is 5.32 Å². The van der Waals surface area contributed by atoms with Crippen molar-refractivity contribution in [3.05, 3.63) is 30.1 Å². The van der Waals surface area contributed by atoms with Crippen LogP contribution in [0.4, 0.5) is 0 Å². The molecule has 0 unspecified atom stereocenters. The van der Waals surface area contributed by atoms with Crippen molar-refractivity contribution in [3.63, 3.8) is 0 Å². The zero-order valence-electron chi connectivity index (χ0n) is 12.4. The average Bonchev–Trinajstić information content (AvgIpc) is 2.52. The normalized spacial score (nSPS) is 21.6. The summed E-state index contributed by atoms with van der Waals surface area (Å²) in [5, 5.41) is 2.72. The van der Waals surface area contributed by atoms with E-state index in [4.69, 9.17) is 4.74 Å². The van der Waals surface area contributed by atoms with Gasteiger partial charge in [-0.25, -0.2) is 0 Å². The summed E-state index contributed by atoms with van der Waals surface area (Å²) in [5.74, 6) is 0.326. The molecule has 1 aliphatic carbocycles. The third-order valence-electron chi connectivity index (χ3n) is 3.84. The van der Waals surface area contributed by atoms with Crippen LogP contribution in [0.15, 0.2) is 24.5 Å². The molecule has 21 heavy (non-hydrogen) atoms. The molecule has 0 bridgehead atoms. The number of esters is 1. The molecule has 0 aliphatic heterocycles. The molecule has 5 nitrogen and oxygen atoms in total. The number of ether oxygens (including phenoxy) is 1. The number of amides is 1. The van der Waals surface area contributed by atoms with Crippen LogP contribution in [0.3, 0.4) is 0 Å². The average molecular weight is 290 g/mol. The Bertz CT molecular complexity index is 476. The van der Waals surface area contributed by atoms with E-state index in [0.29, 0.717) is 18.0 Å².